The first-order valence-electron chi connectivity index (χ1n) is 12.6. The van der Waals surface area contributed by atoms with Gasteiger partial charge in [0.15, 0.2) is 0 Å². The molecule has 2 N–H and O–H groups in total. The topological polar surface area (TPSA) is 136 Å². The van der Waals surface area contributed by atoms with E-state index in [4.69, 9.17) is 9.47 Å². The highest BCUT2D eigenvalue weighted by atomic mass is 32.1. The molecule has 12 heteroatoms. The fourth-order valence-corrected chi connectivity index (χ4v) is 7.20. The number of nitrogens with zero attached hydrogens (tertiary/aromatic N) is 2. The van der Waals surface area contributed by atoms with Crippen LogP contribution in [0.1, 0.15) is 95.0 Å². The number of carbonyl (C=O) groups excluding carboxylic acids is 4. The van der Waals surface area contributed by atoms with Gasteiger partial charge in [-0.2, -0.15) is 10.2 Å². The van der Waals surface area contributed by atoms with E-state index in [2.05, 4.69) is 20.8 Å². The van der Waals surface area contributed by atoms with E-state index in [0.717, 1.165) is 45.1 Å². The molecule has 0 saturated carbocycles. The maximum absolute atomic E-state index is 12.7. The lowest BCUT2D eigenvalue weighted by Crippen LogP contribution is -2.16. The SMILES string of the molecule is CCOC(=O)c1c(NC(C)=O)sc2c1CCC/C2=N/N=C1\CCCc2c1sc(NC(C)=O)c2C(=O)OCC. The molecule has 0 saturated heterocycles. The molecule has 202 valence electrons. The van der Waals surface area contributed by atoms with Crippen molar-refractivity contribution in [1.29, 1.82) is 0 Å². The quantitative estimate of drug-likeness (QED) is 0.365. The van der Waals surface area contributed by atoms with Crippen molar-refractivity contribution in [3.05, 3.63) is 32.0 Å². The number of rotatable bonds is 7. The van der Waals surface area contributed by atoms with Crippen LogP contribution in [0.3, 0.4) is 0 Å². The van der Waals surface area contributed by atoms with Gasteiger partial charge >= 0.3 is 11.9 Å². The van der Waals surface area contributed by atoms with Gasteiger partial charge in [-0.1, -0.05) is 0 Å². The summed E-state index contributed by atoms with van der Waals surface area (Å²) in [5.41, 5.74) is 3.89. The van der Waals surface area contributed by atoms with Crippen LogP contribution in [-0.4, -0.2) is 48.4 Å². The average molecular weight is 559 g/mol. The van der Waals surface area contributed by atoms with Crippen molar-refractivity contribution in [3.8, 4) is 0 Å². The normalized spacial score (nSPS) is 16.5. The molecular weight excluding hydrogens is 528 g/mol. The molecule has 0 atom stereocenters. The number of fused-ring (bicyclic) bond motifs is 2. The maximum Gasteiger partial charge on any atom is 0.341 e. The number of hydrogen-bond donors (Lipinski definition) is 2. The Morgan fingerprint density at radius 2 is 1.11 bits per heavy atom. The second-order valence-electron chi connectivity index (χ2n) is 8.83. The molecule has 0 bridgehead atoms. The summed E-state index contributed by atoms with van der Waals surface area (Å²) < 4.78 is 10.5. The summed E-state index contributed by atoms with van der Waals surface area (Å²) in [7, 11) is 0. The van der Waals surface area contributed by atoms with Crippen molar-refractivity contribution < 1.29 is 28.7 Å². The van der Waals surface area contributed by atoms with Crippen LogP contribution >= 0.6 is 22.7 Å². The zero-order valence-corrected chi connectivity index (χ0v) is 23.5. The minimum atomic E-state index is -0.464. The van der Waals surface area contributed by atoms with Gasteiger partial charge in [-0.25, -0.2) is 9.59 Å². The van der Waals surface area contributed by atoms with Crippen LogP contribution in [0.4, 0.5) is 10.0 Å². The molecule has 0 radical (unpaired) electrons. The number of carbonyl (C=O) groups is 4. The second-order valence-corrected chi connectivity index (χ2v) is 10.9. The van der Waals surface area contributed by atoms with E-state index >= 15 is 0 Å². The third-order valence-corrected chi connectivity index (χ3v) is 8.44. The summed E-state index contributed by atoms with van der Waals surface area (Å²) in [5.74, 6) is -1.47. The number of anilines is 2. The fraction of sp³-hybridized carbons (Fsp3) is 0.462. The lowest BCUT2D eigenvalue weighted by molar-refractivity contribution is -0.115. The van der Waals surface area contributed by atoms with Gasteiger partial charge in [0.2, 0.25) is 11.8 Å². The Bertz CT molecular complexity index is 1250. The first-order valence-corrected chi connectivity index (χ1v) is 14.2. The van der Waals surface area contributed by atoms with Crippen LogP contribution in [0.5, 0.6) is 0 Å². The van der Waals surface area contributed by atoms with Crippen molar-refractivity contribution in [1.82, 2.24) is 0 Å². The van der Waals surface area contributed by atoms with Gasteiger partial charge in [0.25, 0.3) is 0 Å². The van der Waals surface area contributed by atoms with E-state index in [9.17, 15) is 19.2 Å². The molecule has 2 aromatic heterocycles. The van der Waals surface area contributed by atoms with Gasteiger partial charge in [0.1, 0.15) is 10.0 Å². The Kier molecular flexibility index (Phi) is 8.72. The zero-order valence-electron chi connectivity index (χ0n) is 21.8. The van der Waals surface area contributed by atoms with E-state index in [1.54, 1.807) is 13.8 Å². The van der Waals surface area contributed by atoms with Crippen LogP contribution in [0.15, 0.2) is 10.2 Å². The van der Waals surface area contributed by atoms with E-state index in [1.165, 1.54) is 36.5 Å². The first-order chi connectivity index (χ1) is 18.2. The molecule has 38 heavy (non-hydrogen) atoms. The van der Waals surface area contributed by atoms with E-state index in [0.29, 0.717) is 46.8 Å². The fourth-order valence-electron chi connectivity index (χ4n) is 4.61. The Morgan fingerprint density at radius 3 is 1.45 bits per heavy atom. The third-order valence-electron chi connectivity index (χ3n) is 6.05. The summed E-state index contributed by atoms with van der Waals surface area (Å²) in [5, 5.41) is 15.7. The molecule has 0 unspecified atom stereocenters. The van der Waals surface area contributed by atoms with Crippen LogP contribution in [-0.2, 0) is 31.9 Å². The number of ether oxygens (including phenoxy) is 2. The average Bonchev–Trinajstić information content (AvgIpc) is 3.40. The van der Waals surface area contributed by atoms with Crippen molar-refractivity contribution in [2.75, 3.05) is 23.8 Å². The summed E-state index contributed by atoms with van der Waals surface area (Å²) in [6.07, 6.45) is 4.26. The van der Waals surface area contributed by atoms with E-state index < -0.39 is 11.9 Å². The molecule has 0 aliphatic heterocycles. The molecule has 2 heterocycles. The van der Waals surface area contributed by atoms with Crippen molar-refractivity contribution in [2.45, 2.75) is 66.2 Å². The predicted octanol–water partition coefficient (Wildman–Crippen LogP) is 4.95. The first kappa shape index (κ1) is 27.6. The molecular formula is C26H30N4O6S2. The summed E-state index contributed by atoms with van der Waals surface area (Å²) in [6, 6.07) is 0. The number of nitrogens with one attached hydrogen (secondary N) is 2. The Labute approximate surface area is 228 Å². The van der Waals surface area contributed by atoms with Crippen molar-refractivity contribution >= 4 is 67.9 Å². The largest absolute Gasteiger partial charge is 0.462 e. The van der Waals surface area contributed by atoms with Gasteiger partial charge < -0.3 is 20.1 Å². The second kappa shape index (κ2) is 12.0. The minimum absolute atomic E-state index is 0.231. The van der Waals surface area contributed by atoms with Crippen molar-refractivity contribution in [3.63, 3.8) is 0 Å². The standard InChI is InChI=1S/C26H30N4O6S2/c1-5-35-25(33)19-15-9-7-11-17(21(15)37-23(19)27-13(3)31)29-30-18-12-8-10-16-20(26(34)36-6-2)24(28-14(4)32)38-22(16)18/h5-12H2,1-4H3,(H,27,31)(H,28,32)/b29-17-,30-18+. The van der Waals surface area contributed by atoms with Gasteiger partial charge in [0.05, 0.1) is 45.5 Å². The van der Waals surface area contributed by atoms with Crippen LogP contribution < -0.4 is 10.6 Å². The number of amides is 2. The summed E-state index contributed by atoms with van der Waals surface area (Å²) >= 11 is 2.62. The number of esters is 2. The summed E-state index contributed by atoms with van der Waals surface area (Å²) in [4.78, 5) is 50.7. The molecule has 2 aliphatic rings. The van der Waals surface area contributed by atoms with Gasteiger partial charge in [-0.15, -0.1) is 22.7 Å². The summed E-state index contributed by atoms with van der Waals surface area (Å²) in [6.45, 7) is 6.74. The maximum atomic E-state index is 12.7. The number of hydrogen-bond acceptors (Lipinski definition) is 10. The Balaban J connectivity index is 1.76. The zero-order chi connectivity index (χ0) is 27.4. The smallest absolute Gasteiger partial charge is 0.341 e. The highest BCUT2D eigenvalue weighted by molar-refractivity contribution is 7.19. The lowest BCUT2D eigenvalue weighted by atomic mass is 9.93. The molecule has 2 aliphatic carbocycles. The highest BCUT2D eigenvalue weighted by Crippen LogP contribution is 2.41. The highest BCUT2D eigenvalue weighted by Gasteiger charge is 2.32. The van der Waals surface area contributed by atoms with Crippen LogP contribution in [0.25, 0.3) is 0 Å². The molecule has 2 aromatic rings. The van der Waals surface area contributed by atoms with Gasteiger partial charge in [-0.05, 0) is 63.5 Å². The van der Waals surface area contributed by atoms with Gasteiger partial charge in [-0.3, -0.25) is 9.59 Å². The third kappa shape index (κ3) is 5.70. The van der Waals surface area contributed by atoms with Crippen LogP contribution in [0.2, 0.25) is 0 Å². The van der Waals surface area contributed by atoms with E-state index in [-0.39, 0.29) is 25.0 Å². The molecule has 10 nitrogen and oxygen atoms in total. The van der Waals surface area contributed by atoms with Crippen LogP contribution in [0, 0.1) is 0 Å². The van der Waals surface area contributed by atoms with Gasteiger partial charge in [0, 0.05) is 13.8 Å². The molecule has 4 rings (SSSR count). The molecule has 0 spiro atoms. The Morgan fingerprint density at radius 1 is 0.711 bits per heavy atom. The number of thiophene rings is 2. The van der Waals surface area contributed by atoms with Crippen molar-refractivity contribution in [2.24, 2.45) is 10.2 Å². The molecule has 0 aromatic carbocycles. The van der Waals surface area contributed by atoms with E-state index in [1.807, 2.05) is 0 Å². The minimum Gasteiger partial charge on any atom is -0.462 e. The lowest BCUT2D eigenvalue weighted by Gasteiger charge is -2.16. The monoisotopic (exact) mass is 558 g/mol. The molecule has 0 fully saturated rings. The molecule has 2 amide bonds. The predicted molar refractivity (Wildman–Crippen MR) is 148 cm³/mol. The Hall–Kier alpha value is -3.38.